The van der Waals surface area contributed by atoms with Crippen molar-refractivity contribution in [3.05, 3.63) is 107 Å². The number of hydrogen-bond donors (Lipinski definition) is 2. The molecule has 9 nitrogen and oxygen atoms in total. The third-order valence-corrected chi connectivity index (χ3v) is 7.29. The number of carboxylic acids is 1. The van der Waals surface area contributed by atoms with Crippen molar-refractivity contribution in [2.24, 2.45) is 0 Å². The molecule has 10 heteroatoms. The maximum atomic E-state index is 13.7. The van der Waals surface area contributed by atoms with Gasteiger partial charge in [0, 0.05) is 11.3 Å². The number of benzene rings is 3. The number of carboxylic acid groups (broad SMARTS) is 1. The number of aromatic carboxylic acids is 1. The summed E-state index contributed by atoms with van der Waals surface area (Å²) in [5, 5.41) is 10.8. The van der Waals surface area contributed by atoms with Crippen molar-refractivity contribution in [3.63, 3.8) is 0 Å². The summed E-state index contributed by atoms with van der Waals surface area (Å²) in [4.78, 5) is 54.9. The van der Waals surface area contributed by atoms with E-state index in [4.69, 9.17) is 4.42 Å². The summed E-state index contributed by atoms with van der Waals surface area (Å²) < 4.78 is 5.82. The lowest BCUT2D eigenvalue weighted by atomic mass is 10.1. The van der Waals surface area contributed by atoms with Crippen molar-refractivity contribution in [1.29, 1.82) is 0 Å². The molecule has 1 aliphatic heterocycles. The zero-order valence-electron chi connectivity index (χ0n) is 20.8. The molecular formula is C29H23N3O6S. The van der Waals surface area contributed by atoms with Crippen molar-refractivity contribution in [1.82, 2.24) is 10.3 Å². The number of oxazole rings is 1. The molecule has 1 aromatic heterocycles. The van der Waals surface area contributed by atoms with Crippen molar-refractivity contribution in [2.45, 2.75) is 25.1 Å². The van der Waals surface area contributed by atoms with Crippen molar-refractivity contribution in [2.75, 3.05) is 4.90 Å². The lowest BCUT2D eigenvalue weighted by Crippen LogP contribution is -2.32. The smallest absolute Gasteiger partial charge is 0.335 e. The summed E-state index contributed by atoms with van der Waals surface area (Å²) >= 11 is 0.920. The van der Waals surface area contributed by atoms with Crippen LogP contribution in [0.1, 0.15) is 38.2 Å². The average Bonchev–Trinajstić information content (AvgIpc) is 3.48. The number of nitrogens with zero attached hydrogens (tertiary/aromatic N) is 2. The molecule has 1 fully saturated rings. The Kier molecular flexibility index (Phi) is 7.29. The maximum Gasteiger partial charge on any atom is 0.335 e. The lowest BCUT2D eigenvalue weighted by Gasteiger charge is -2.23. The molecule has 196 valence electrons. The summed E-state index contributed by atoms with van der Waals surface area (Å²) in [6, 6.07) is 22.6. The maximum absolute atomic E-state index is 13.7. The van der Waals surface area contributed by atoms with Gasteiger partial charge in [0.2, 0.25) is 17.7 Å². The van der Waals surface area contributed by atoms with E-state index in [1.807, 2.05) is 30.3 Å². The van der Waals surface area contributed by atoms with Gasteiger partial charge in [0.15, 0.2) is 0 Å². The number of hydrogen-bond acceptors (Lipinski definition) is 7. The molecule has 1 aliphatic rings. The molecule has 0 saturated carbocycles. The van der Waals surface area contributed by atoms with Gasteiger partial charge >= 0.3 is 5.97 Å². The van der Waals surface area contributed by atoms with Crippen LogP contribution < -0.4 is 10.2 Å². The van der Waals surface area contributed by atoms with Gasteiger partial charge in [0.05, 0.1) is 24.2 Å². The summed E-state index contributed by atoms with van der Waals surface area (Å²) in [6.45, 7) is 1.89. The molecule has 3 amide bonds. The number of carbonyl (C=O) groups is 4. The minimum absolute atomic E-state index is 0.0542. The van der Waals surface area contributed by atoms with Crippen LogP contribution >= 0.6 is 11.8 Å². The van der Waals surface area contributed by atoms with Gasteiger partial charge in [-0.1, -0.05) is 48.5 Å². The molecule has 3 aromatic carbocycles. The van der Waals surface area contributed by atoms with Crippen LogP contribution in [0.25, 0.3) is 11.5 Å². The van der Waals surface area contributed by atoms with E-state index in [1.54, 1.807) is 43.3 Å². The molecular weight excluding hydrogens is 518 g/mol. The van der Waals surface area contributed by atoms with Gasteiger partial charge in [-0.3, -0.25) is 19.7 Å². The fourth-order valence-corrected chi connectivity index (χ4v) is 5.05. The molecule has 39 heavy (non-hydrogen) atoms. The van der Waals surface area contributed by atoms with Crippen LogP contribution in [-0.4, -0.2) is 33.1 Å². The van der Waals surface area contributed by atoms with Crippen molar-refractivity contribution < 1.29 is 28.7 Å². The van der Waals surface area contributed by atoms with E-state index in [2.05, 4.69) is 10.3 Å². The van der Waals surface area contributed by atoms with Gasteiger partial charge in [-0.05, 0) is 60.1 Å². The monoisotopic (exact) mass is 541 g/mol. The van der Waals surface area contributed by atoms with Gasteiger partial charge in [-0.25, -0.2) is 9.78 Å². The minimum atomic E-state index is -1.10. The molecule has 2 heterocycles. The summed E-state index contributed by atoms with van der Waals surface area (Å²) in [6.07, 6.45) is -0.0570. The quantitative estimate of drug-likeness (QED) is 0.313. The number of rotatable bonds is 8. The molecule has 1 saturated heterocycles. The van der Waals surface area contributed by atoms with E-state index in [1.165, 1.54) is 17.0 Å². The van der Waals surface area contributed by atoms with Crippen LogP contribution in [0.15, 0.2) is 83.3 Å². The number of anilines is 1. The van der Waals surface area contributed by atoms with E-state index in [0.717, 1.165) is 22.9 Å². The number of aromatic nitrogens is 1. The van der Waals surface area contributed by atoms with Crippen molar-refractivity contribution >= 4 is 40.5 Å². The highest BCUT2D eigenvalue weighted by molar-refractivity contribution is 8.15. The zero-order valence-corrected chi connectivity index (χ0v) is 21.6. The number of carbonyl (C=O) groups excluding carboxylic acids is 3. The topological polar surface area (TPSA) is 130 Å². The highest BCUT2D eigenvalue weighted by atomic mass is 32.2. The molecule has 0 radical (unpaired) electrons. The van der Waals surface area contributed by atoms with Gasteiger partial charge in [0.1, 0.15) is 11.0 Å². The van der Waals surface area contributed by atoms with E-state index in [0.29, 0.717) is 28.6 Å². The Morgan fingerprint density at radius 3 is 2.44 bits per heavy atom. The molecule has 2 N–H and O–H groups in total. The Labute approximate surface area is 227 Å². The number of amides is 3. The average molecular weight is 542 g/mol. The zero-order chi connectivity index (χ0) is 27.5. The number of nitrogens with one attached hydrogen (secondary N) is 1. The third-order valence-electron chi connectivity index (χ3n) is 6.25. The Bertz CT molecular complexity index is 1570. The Morgan fingerprint density at radius 2 is 1.77 bits per heavy atom. The second kappa shape index (κ2) is 11.0. The predicted octanol–water partition coefficient (Wildman–Crippen LogP) is 5.15. The fourth-order valence-electron chi connectivity index (χ4n) is 4.22. The molecule has 1 atom stereocenters. The number of imide groups is 1. The van der Waals surface area contributed by atoms with Crippen LogP contribution in [0.5, 0.6) is 0 Å². The first-order valence-electron chi connectivity index (χ1n) is 12.0. The van der Waals surface area contributed by atoms with Crippen LogP contribution in [0.2, 0.25) is 0 Å². The summed E-state index contributed by atoms with van der Waals surface area (Å²) in [5.74, 6) is -0.826. The molecule has 0 spiro atoms. The summed E-state index contributed by atoms with van der Waals surface area (Å²) in [5.41, 5.74) is 3.18. The first-order valence-corrected chi connectivity index (χ1v) is 12.9. The lowest BCUT2D eigenvalue weighted by molar-refractivity contribution is -0.119. The first kappa shape index (κ1) is 25.9. The SMILES string of the molecule is Cc1oc(-c2ccccc2)nc1CC(=O)N(Cc1ccc(C2SC(=O)NC2=O)cc1)c1cccc(C(=O)O)c1. The molecule has 1 unspecified atom stereocenters. The first-order chi connectivity index (χ1) is 18.8. The van der Waals surface area contributed by atoms with Crippen molar-refractivity contribution in [3.8, 4) is 11.5 Å². The van der Waals surface area contributed by atoms with E-state index >= 15 is 0 Å². The summed E-state index contributed by atoms with van der Waals surface area (Å²) in [7, 11) is 0. The molecule has 0 bridgehead atoms. The number of aryl methyl sites for hydroxylation is 1. The fraction of sp³-hybridized carbons (Fsp3) is 0.138. The third kappa shape index (κ3) is 5.75. The highest BCUT2D eigenvalue weighted by Crippen LogP contribution is 2.34. The highest BCUT2D eigenvalue weighted by Gasteiger charge is 2.32. The Balaban J connectivity index is 1.42. The van der Waals surface area contributed by atoms with Crippen LogP contribution in [-0.2, 0) is 22.6 Å². The predicted molar refractivity (Wildman–Crippen MR) is 145 cm³/mol. The minimum Gasteiger partial charge on any atom is -0.478 e. The molecule has 4 aromatic rings. The second-order valence-electron chi connectivity index (χ2n) is 8.92. The van der Waals surface area contributed by atoms with Gasteiger partial charge in [-0.2, -0.15) is 0 Å². The van der Waals surface area contributed by atoms with Gasteiger partial charge in [-0.15, -0.1) is 0 Å². The molecule has 0 aliphatic carbocycles. The van der Waals surface area contributed by atoms with E-state index < -0.39 is 11.2 Å². The van der Waals surface area contributed by atoms with E-state index in [-0.39, 0.29) is 35.6 Å². The van der Waals surface area contributed by atoms with Crippen LogP contribution in [0.3, 0.4) is 0 Å². The number of thioether (sulfide) groups is 1. The van der Waals surface area contributed by atoms with Gasteiger partial charge in [0.25, 0.3) is 5.24 Å². The Hall–Kier alpha value is -4.70. The van der Waals surface area contributed by atoms with Crippen LogP contribution in [0, 0.1) is 6.92 Å². The van der Waals surface area contributed by atoms with Gasteiger partial charge < -0.3 is 14.4 Å². The molecule has 5 rings (SSSR count). The second-order valence-corrected chi connectivity index (χ2v) is 9.99. The largest absolute Gasteiger partial charge is 0.478 e. The Morgan fingerprint density at radius 1 is 1.03 bits per heavy atom. The van der Waals surface area contributed by atoms with E-state index in [9.17, 15) is 24.3 Å². The normalized spacial score (nSPS) is 14.7. The standard InChI is InChI=1S/C29H23N3O6S/c1-17-23(30-27(38-17)20-6-3-2-4-7-20)15-24(33)32(22-9-5-8-21(14-22)28(35)36)16-18-10-12-19(13-11-18)25-26(34)31-29(37)39-25/h2-14,25H,15-16H2,1H3,(H,35,36)(H,31,34,37). The van der Waals surface area contributed by atoms with Crippen LogP contribution in [0.4, 0.5) is 10.5 Å².